The third kappa shape index (κ3) is 3.09. The van der Waals surface area contributed by atoms with Crippen LogP contribution in [0.4, 0.5) is 10.3 Å². The second-order valence-corrected chi connectivity index (χ2v) is 6.36. The van der Waals surface area contributed by atoms with Gasteiger partial charge in [0.15, 0.2) is 0 Å². The van der Waals surface area contributed by atoms with Gasteiger partial charge < -0.3 is 0 Å². The van der Waals surface area contributed by atoms with E-state index in [9.17, 15) is 12.8 Å². The average molecular weight is 343 g/mol. The van der Waals surface area contributed by atoms with Gasteiger partial charge in [-0.15, -0.1) is 5.10 Å². The van der Waals surface area contributed by atoms with Crippen LogP contribution in [0.15, 0.2) is 59.8 Å². The van der Waals surface area contributed by atoms with Gasteiger partial charge in [-0.1, -0.05) is 18.2 Å². The molecule has 9 heteroatoms. The molecule has 120 valence electrons. The molecule has 3 rings (SSSR count). The molecule has 1 aromatic heterocycles. The number of anilines is 1. The van der Waals surface area contributed by atoms with Gasteiger partial charge in [0.25, 0.3) is 16.0 Å². The number of hydrogen-bond donors (Lipinski definition) is 1. The summed E-state index contributed by atoms with van der Waals surface area (Å²) in [7, 11) is -4.21. The van der Waals surface area contributed by atoms with E-state index in [0.29, 0.717) is 5.69 Å². The SMILES string of the molecule is N#Cc1ccc(S(=O)(=O)Nc2ncn(-c3ccccc3)n2)c(F)c1. The van der Waals surface area contributed by atoms with Crippen LogP contribution >= 0.6 is 0 Å². The lowest BCUT2D eigenvalue weighted by molar-refractivity contribution is 0.570. The lowest BCUT2D eigenvalue weighted by Crippen LogP contribution is -2.16. The molecule has 0 spiro atoms. The molecule has 2 aromatic carbocycles. The Bertz CT molecular complexity index is 1030. The molecule has 0 bridgehead atoms. The molecule has 24 heavy (non-hydrogen) atoms. The van der Waals surface area contributed by atoms with E-state index in [1.54, 1.807) is 30.3 Å². The monoisotopic (exact) mass is 343 g/mol. The van der Waals surface area contributed by atoms with Crippen molar-refractivity contribution >= 4 is 16.0 Å². The molecule has 0 radical (unpaired) electrons. The predicted molar refractivity (Wildman–Crippen MR) is 83.3 cm³/mol. The molecule has 0 amide bonds. The molecule has 0 aliphatic heterocycles. The Labute approximate surface area is 137 Å². The highest BCUT2D eigenvalue weighted by atomic mass is 32.2. The number of nitrogens with one attached hydrogen (secondary N) is 1. The number of nitrogens with zero attached hydrogens (tertiary/aromatic N) is 4. The van der Waals surface area contributed by atoms with Crippen LogP contribution in [0.2, 0.25) is 0 Å². The second-order valence-electron chi connectivity index (χ2n) is 4.71. The van der Waals surface area contributed by atoms with Gasteiger partial charge in [0, 0.05) is 0 Å². The highest BCUT2D eigenvalue weighted by Gasteiger charge is 2.21. The Morgan fingerprint density at radius 1 is 1.17 bits per heavy atom. The van der Waals surface area contributed by atoms with E-state index >= 15 is 0 Å². The summed E-state index contributed by atoms with van der Waals surface area (Å²) in [5.74, 6) is -1.22. The molecule has 0 saturated carbocycles. The summed E-state index contributed by atoms with van der Waals surface area (Å²) in [5.41, 5.74) is 0.720. The van der Waals surface area contributed by atoms with Crippen LogP contribution in [0.25, 0.3) is 5.69 Å². The number of sulfonamides is 1. The molecule has 3 aromatic rings. The zero-order valence-electron chi connectivity index (χ0n) is 12.1. The summed E-state index contributed by atoms with van der Waals surface area (Å²) >= 11 is 0. The fraction of sp³-hybridized carbons (Fsp3) is 0. The lowest BCUT2D eigenvalue weighted by atomic mass is 10.2. The van der Waals surface area contributed by atoms with Gasteiger partial charge in [-0.2, -0.15) is 10.2 Å². The summed E-state index contributed by atoms with van der Waals surface area (Å²) < 4.78 is 41.9. The number of aromatic nitrogens is 3. The van der Waals surface area contributed by atoms with Gasteiger partial charge in [-0.25, -0.2) is 22.2 Å². The van der Waals surface area contributed by atoms with Gasteiger partial charge in [-0.3, -0.25) is 0 Å². The first-order chi connectivity index (χ1) is 11.5. The maximum absolute atomic E-state index is 13.9. The minimum atomic E-state index is -4.21. The Morgan fingerprint density at radius 3 is 2.58 bits per heavy atom. The van der Waals surface area contributed by atoms with Crippen molar-refractivity contribution in [3.63, 3.8) is 0 Å². The number of rotatable bonds is 4. The summed E-state index contributed by atoms with van der Waals surface area (Å²) in [4.78, 5) is 3.27. The number of benzene rings is 2. The van der Waals surface area contributed by atoms with E-state index in [1.807, 2.05) is 6.07 Å². The highest BCUT2D eigenvalue weighted by Crippen LogP contribution is 2.18. The van der Waals surface area contributed by atoms with Crippen LogP contribution in [0.3, 0.4) is 0 Å². The lowest BCUT2D eigenvalue weighted by Gasteiger charge is -2.06. The van der Waals surface area contributed by atoms with E-state index in [4.69, 9.17) is 5.26 Å². The van der Waals surface area contributed by atoms with Crippen LogP contribution < -0.4 is 4.72 Å². The molecule has 0 aliphatic rings. The van der Waals surface area contributed by atoms with E-state index in [2.05, 4.69) is 14.8 Å². The standard InChI is InChI=1S/C15H10FN5O2S/c16-13-8-11(9-17)6-7-14(13)24(22,23)20-15-18-10-21(19-15)12-4-2-1-3-5-12/h1-8,10H,(H,19,20). The smallest absolute Gasteiger partial charge is 0.246 e. The van der Waals surface area contributed by atoms with Gasteiger partial charge in [0.2, 0.25) is 0 Å². The van der Waals surface area contributed by atoms with Crippen molar-refractivity contribution in [1.29, 1.82) is 5.26 Å². The maximum Gasteiger partial charge on any atom is 0.267 e. The van der Waals surface area contributed by atoms with E-state index in [0.717, 1.165) is 12.1 Å². The zero-order chi connectivity index (χ0) is 17.2. The van der Waals surface area contributed by atoms with Gasteiger partial charge in [0.1, 0.15) is 17.0 Å². The zero-order valence-corrected chi connectivity index (χ0v) is 12.9. The van der Waals surface area contributed by atoms with Crippen molar-refractivity contribution in [1.82, 2.24) is 14.8 Å². The molecule has 1 heterocycles. The molecule has 0 atom stereocenters. The Balaban J connectivity index is 1.88. The van der Waals surface area contributed by atoms with Crippen LogP contribution in [-0.2, 0) is 10.0 Å². The van der Waals surface area contributed by atoms with Crippen molar-refractivity contribution in [3.8, 4) is 11.8 Å². The quantitative estimate of drug-likeness (QED) is 0.781. The molecule has 0 saturated heterocycles. The summed E-state index contributed by atoms with van der Waals surface area (Å²) in [6.07, 6.45) is 1.34. The largest absolute Gasteiger partial charge is 0.267 e. The number of para-hydroxylation sites is 1. The first-order valence-electron chi connectivity index (χ1n) is 6.69. The fourth-order valence-corrected chi connectivity index (χ4v) is 2.99. The van der Waals surface area contributed by atoms with Crippen LogP contribution in [-0.4, -0.2) is 23.2 Å². The third-order valence-corrected chi connectivity index (χ3v) is 4.45. The average Bonchev–Trinajstić information content (AvgIpc) is 3.03. The highest BCUT2D eigenvalue weighted by molar-refractivity contribution is 7.92. The van der Waals surface area contributed by atoms with Crippen molar-refractivity contribution in [2.45, 2.75) is 4.90 Å². The van der Waals surface area contributed by atoms with Crippen molar-refractivity contribution < 1.29 is 12.8 Å². The molecular formula is C15H10FN5O2S. The molecule has 0 aliphatic carbocycles. The van der Waals surface area contributed by atoms with Crippen molar-refractivity contribution in [2.75, 3.05) is 4.72 Å². The van der Waals surface area contributed by atoms with Crippen LogP contribution in [0, 0.1) is 17.1 Å². The van der Waals surface area contributed by atoms with Crippen LogP contribution in [0.1, 0.15) is 5.56 Å². The minimum absolute atomic E-state index is 0.0259. The molecule has 7 nitrogen and oxygen atoms in total. The van der Waals surface area contributed by atoms with Gasteiger partial charge in [0.05, 0.1) is 17.3 Å². The Hall–Kier alpha value is -3.25. The molecule has 0 fully saturated rings. The Morgan fingerprint density at radius 2 is 1.92 bits per heavy atom. The normalized spacial score (nSPS) is 11.0. The first kappa shape index (κ1) is 15.6. The van der Waals surface area contributed by atoms with E-state index in [1.165, 1.54) is 17.1 Å². The van der Waals surface area contributed by atoms with Crippen molar-refractivity contribution in [2.24, 2.45) is 0 Å². The summed E-state index contributed by atoms with van der Waals surface area (Å²) in [5, 5.41) is 12.7. The topological polar surface area (TPSA) is 101 Å². The van der Waals surface area contributed by atoms with Crippen LogP contribution in [0.5, 0.6) is 0 Å². The number of nitriles is 1. The molecular weight excluding hydrogens is 333 g/mol. The molecule has 0 unspecified atom stereocenters. The maximum atomic E-state index is 13.9. The van der Waals surface area contributed by atoms with E-state index < -0.39 is 20.7 Å². The number of hydrogen-bond acceptors (Lipinski definition) is 5. The third-order valence-electron chi connectivity index (χ3n) is 3.09. The Kier molecular flexibility index (Phi) is 3.97. The number of halogens is 1. The fourth-order valence-electron chi connectivity index (χ4n) is 1.98. The summed E-state index contributed by atoms with van der Waals surface area (Å²) in [6, 6.07) is 13.8. The summed E-state index contributed by atoms with van der Waals surface area (Å²) in [6.45, 7) is 0. The van der Waals surface area contributed by atoms with Crippen molar-refractivity contribution in [3.05, 3.63) is 66.2 Å². The predicted octanol–water partition coefficient (Wildman–Crippen LogP) is 2.08. The van der Waals surface area contributed by atoms with Gasteiger partial charge in [-0.05, 0) is 30.3 Å². The minimum Gasteiger partial charge on any atom is -0.246 e. The molecule has 1 N–H and O–H groups in total. The second kappa shape index (κ2) is 6.10. The van der Waals surface area contributed by atoms with E-state index in [-0.39, 0.29) is 11.5 Å². The first-order valence-corrected chi connectivity index (χ1v) is 8.17. The van der Waals surface area contributed by atoms with Gasteiger partial charge >= 0.3 is 0 Å².